The van der Waals surface area contributed by atoms with Gasteiger partial charge in [0.25, 0.3) is 0 Å². The molecule has 0 aromatic rings. The van der Waals surface area contributed by atoms with E-state index in [-0.39, 0.29) is 18.6 Å². The number of ether oxygens (including phenoxy) is 1. The Morgan fingerprint density at radius 1 is 1.44 bits per heavy atom. The third-order valence-electron chi connectivity index (χ3n) is 3.80. The summed E-state index contributed by atoms with van der Waals surface area (Å²) in [6, 6.07) is 0.613. The van der Waals surface area contributed by atoms with Crippen molar-refractivity contribution in [1.29, 1.82) is 0 Å². The van der Waals surface area contributed by atoms with Gasteiger partial charge in [0, 0.05) is 32.2 Å². The van der Waals surface area contributed by atoms with Crippen molar-refractivity contribution in [2.75, 3.05) is 32.8 Å². The molecule has 0 aromatic carbocycles. The Balaban J connectivity index is 1.60. The molecule has 0 spiro atoms. The Kier molecular flexibility index (Phi) is 5.41. The first-order valence-electron chi connectivity index (χ1n) is 7.03. The minimum atomic E-state index is 0.0654. The molecule has 5 nitrogen and oxygen atoms in total. The third kappa shape index (κ3) is 3.93. The number of hydrogen-bond donors (Lipinski definition) is 2. The molecule has 2 aliphatic rings. The number of carbonyl (C=O) groups excluding carboxylic acids is 1. The maximum absolute atomic E-state index is 11.5. The van der Waals surface area contributed by atoms with Gasteiger partial charge in [0.1, 0.15) is 0 Å². The van der Waals surface area contributed by atoms with Crippen LogP contribution in [-0.2, 0) is 9.53 Å². The number of fused-ring (bicyclic) bond motifs is 1. The number of hydrogen-bond acceptors (Lipinski definition) is 4. The fraction of sp³-hybridized carbons (Fsp3) is 0.923. The number of amides is 1. The zero-order chi connectivity index (χ0) is 12.8. The fourth-order valence-electron chi connectivity index (χ4n) is 2.72. The van der Waals surface area contributed by atoms with Crippen LogP contribution in [0.25, 0.3) is 0 Å². The number of nitrogens with one attached hydrogen (secondary N) is 1. The van der Waals surface area contributed by atoms with E-state index >= 15 is 0 Å². The van der Waals surface area contributed by atoms with E-state index in [1.807, 2.05) is 0 Å². The van der Waals surface area contributed by atoms with Gasteiger partial charge in [0.05, 0.1) is 12.7 Å². The van der Waals surface area contributed by atoms with E-state index in [1.54, 1.807) is 0 Å². The monoisotopic (exact) mass is 256 g/mol. The quantitative estimate of drug-likeness (QED) is 0.663. The second-order valence-electron chi connectivity index (χ2n) is 5.23. The highest BCUT2D eigenvalue weighted by Crippen LogP contribution is 2.22. The molecule has 2 heterocycles. The highest BCUT2D eigenvalue weighted by molar-refractivity contribution is 5.75. The maximum Gasteiger partial charge on any atom is 0.220 e. The number of nitrogens with zero attached hydrogens (tertiary/aromatic N) is 1. The number of carbonyl (C=O) groups is 1. The smallest absolute Gasteiger partial charge is 0.220 e. The molecule has 0 aliphatic carbocycles. The second-order valence-corrected chi connectivity index (χ2v) is 5.23. The molecular formula is C13H24N2O3. The first-order valence-corrected chi connectivity index (χ1v) is 7.03. The highest BCUT2D eigenvalue weighted by atomic mass is 16.5. The van der Waals surface area contributed by atoms with Crippen LogP contribution in [0.5, 0.6) is 0 Å². The van der Waals surface area contributed by atoms with Gasteiger partial charge in [-0.1, -0.05) is 0 Å². The van der Waals surface area contributed by atoms with Crippen molar-refractivity contribution >= 4 is 5.91 Å². The van der Waals surface area contributed by atoms with E-state index < -0.39 is 0 Å². The molecule has 18 heavy (non-hydrogen) atoms. The summed E-state index contributed by atoms with van der Waals surface area (Å²) in [7, 11) is 0. The first kappa shape index (κ1) is 13.8. The Bertz CT molecular complexity index is 273. The van der Waals surface area contributed by atoms with Gasteiger partial charge < -0.3 is 15.2 Å². The minimum Gasteiger partial charge on any atom is -0.396 e. The maximum atomic E-state index is 11.5. The van der Waals surface area contributed by atoms with Gasteiger partial charge in [-0.15, -0.1) is 0 Å². The van der Waals surface area contributed by atoms with Gasteiger partial charge in [-0.05, 0) is 32.2 Å². The summed E-state index contributed by atoms with van der Waals surface area (Å²) < 4.78 is 5.77. The highest BCUT2D eigenvalue weighted by Gasteiger charge is 2.32. The number of rotatable bonds is 6. The van der Waals surface area contributed by atoms with E-state index in [0.29, 0.717) is 25.4 Å². The number of aliphatic hydroxyl groups is 1. The molecule has 2 aliphatic heterocycles. The minimum absolute atomic E-state index is 0.0654. The lowest BCUT2D eigenvalue weighted by Crippen LogP contribution is -2.50. The third-order valence-corrected chi connectivity index (χ3v) is 3.80. The molecule has 0 bridgehead atoms. The molecule has 2 unspecified atom stereocenters. The van der Waals surface area contributed by atoms with E-state index in [1.165, 1.54) is 19.4 Å². The van der Waals surface area contributed by atoms with E-state index in [9.17, 15) is 4.79 Å². The molecule has 5 heteroatoms. The van der Waals surface area contributed by atoms with Crippen LogP contribution in [0.2, 0.25) is 0 Å². The van der Waals surface area contributed by atoms with Crippen LogP contribution in [-0.4, -0.2) is 60.9 Å². The molecule has 2 N–H and O–H groups in total. The number of unbranched alkanes of at least 4 members (excludes halogenated alkanes) is 1. The normalized spacial score (nSPS) is 28.1. The zero-order valence-electron chi connectivity index (χ0n) is 10.9. The first-order chi connectivity index (χ1) is 8.79. The lowest BCUT2D eigenvalue weighted by molar-refractivity contribution is -0.122. The Morgan fingerprint density at radius 3 is 3.17 bits per heavy atom. The summed E-state index contributed by atoms with van der Waals surface area (Å²) in [6.45, 7) is 3.71. The van der Waals surface area contributed by atoms with Gasteiger partial charge in [-0.2, -0.15) is 0 Å². The van der Waals surface area contributed by atoms with Crippen molar-refractivity contribution in [1.82, 2.24) is 10.2 Å². The van der Waals surface area contributed by atoms with Crippen molar-refractivity contribution in [3.8, 4) is 0 Å². The summed E-state index contributed by atoms with van der Waals surface area (Å²) in [5.74, 6) is 0.0654. The largest absolute Gasteiger partial charge is 0.396 e. The van der Waals surface area contributed by atoms with Crippen molar-refractivity contribution in [3.63, 3.8) is 0 Å². The van der Waals surface area contributed by atoms with Crippen LogP contribution in [0.1, 0.15) is 32.1 Å². The molecule has 0 saturated carbocycles. The topological polar surface area (TPSA) is 61.8 Å². The summed E-state index contributed by atoms with van der Waals surface area (Å²) >= 11 is 0. The van der Waals surface area contributed by atoms with Crippen LogP contribution in [0.3, 0.4) is 0 Å². The van der Waals surface area contributed by atoms with Gasteiger partial charge >= 0.3 is 0 Å². The molecule has 0 radical (unpaired) electrons. The lowest BCUT2D eigenvalue weighted by Gasteiger charge is -2.35. The Hall–Kier alpha value is -0.650. The zero-order valence-corrected chi connectivity index (χ0v) is 10.9. The van der Waals surface area contributed by atoms with Crippen LogP contribution in [0.15, 0.2) is 0 Å². The molecule has 2 rings (SSSR count). The molecule has 2 fully saturated rings. The SMILES string of the molecule is O=C(CCCCO)NCC1CN2CCCC2CO1. The molecule has 2 atom stereocenters. The lowest BCUT2D eigenvalue weighted by atomic mass is 10.2. The number of morpholine rings is 1. The Labute approximate surface area is 108 Å². The van der Waals surface area contributed by atoms with E-state index in [2.05, 4.69) is 10.2 Å². The average molecular weight is 256 g/mol. The van der Waals surface area contributed by atoms with Gasteiger partial charge in [-0.25, -0.2) is 0 Å². The molecule has 104 valence electrons. The molecule has 2 saturated heterocycles. The van der Waals surface area contributed by atoms with Gasteiger partial charge in [0.2, 0.25) is 5.91 Å². The van der Waals surface area contributed by atoms with Crippen molar-refractivity contribution in [2.24, 2.45) is 0 Å². The molecule has 0 aromatic heterocycles. The molecule has 1 amide bonds. The van der Waals surface area contributed by atoms with Crippen LogP contribution in [0.4, 0.5) is 0 Å². The second kappa shape index (κ2) is 7.07. The Morgan fingerprint density at radius 2 is 2.33 bits per heavy atom. The van der Waals surface area contributed by atoms with Gasteiger partial charge in [-0.3, -0.25) is 9.69 Å². The number of aliphatic hydroxyl groups excluding tert-OH is 1. The predicted molar refractivity (Wildman–Crippen MR) is 68.3 cm³/mol. The van der Waals surface area contributed by atoms with E-state index in [0.717, 1.165) is 19.6 Å². The van der Waals surface area contributed by atoms with Crippen molar-refractivity contribution in [3.05, 3.63) is 0 Å². The average Bonchev–Trinajstić information content (AvgIpc) is 2.84. The van der Waals surface area contributed by atoms with E-state index in [4.69, 9.17) is 9.84 Å². The summed E-state index contributed by atoms with van der Waals surface area (Å²) in [5, 5.41) is 11.6. The van der Waals surface area contributed by atoms with Crippen LogP contribution < -0.4 is 5.32 Å². The van der Waals surface area contributed by atoms with Crippen molar-refractivity contribution < 1.29 is 14.6 Å². The van der Waals surface area contributed by atoms with Crippen molar-refractivity contribution in [2.45, 2.75) is 44.2 Å². The van der Waals surface area contributed by atoms with Crippen LogP contribution >= 0.6 is 0 Å². The van der Waals surface area contributed by atoms with Crippen LogP contribution in [0, 0.1) is 0 Å². The summed E-state index contributed by atoms with van der Waals surface area (Å²) in [4.78, 5) is 14.0. The summed E-state index contributed by atoms with van der Waals surface area (Å²) in [5.41, 5.74) is 0. The van der Waals surface area contributed by atoms with Gasteiger partial charge in [0.15, 0.2) is 0 Å². The fourth-order valence-corrected chi connectivity index (χ4v) is 2.72. The predicted octanol–water partition coefficient (Wildman–Crippen LogP) is 0.128. The standard InChI is InChI=1S/C13H24N2O3/c16-7-2-1-5-13(17)14-8-12-9-15-6-3-4-11(15)10-18-12/h11-12,16H,1-10H2,(H,14,17). The summed E-state index contributed by atoms with van der Waals surface area (Å²) in [6.07, 6.45) is 4.61. The molecular weight excluding hydrogens is 232 g/mol.